The van der Waals surface area contributed by atoms with Crippen molar-refractivity contribution < 1.29 is 19.1 Å². The maximum Gasteiger partial charge on any atom is 0.251 e. The van der Waals surface area contributed by atoms with Crippen molar-refractivity contribution in [1.29, 1.82) is 0 Å². The van der Waals surface area contributed by atoms with Crippen molar-refractivity contribution in [3.63, 3.8) is 0 Å². The summed E-state index contributed by atoms with van der Waals surface area (Å²) in [4.78, 5) is 31.4. The lowest BCUT2D eigenvalue weighted by atomic mass is 9.99. The lowest BCUT2D eigenvalue weighted by molar-refractivity contribution is -0.115. The fourth-order valence-electron chi connectivity index (χ4n) is 3.29. The molecular formula is C21H28N4O4S. The molecule has 3 rings (SSSR count). The third-order valence-corrected chi connectivity index (χ3v) is 5.92. The lowest BCUT2D eigenvalue weighted by Gasteiger charge is -2.29. The van der Waals surface area contributed by atoms with Crippen molar-refractivity contribution >= 4 is 28.3 Å². The normalized spacial score (nSPS) is 14.9. The van der Waals surface area contributed by atoms with Gasteiger partial charge in [0.15, 0.2) is 16.6 Å². The number of amides is 2. The molecule has 8 nitrogen and oxygen atoms in total. The topological polar surface area (TPSA) is 92.8 Å². The van der Waals surface area contributed by atoms with Crippen LogP contribution in [0, 0.1) is 5.92 Å². The molecule has 1 aromatic carbocycles. The van der Waals surface area contributed by atoms with E-state index < -0.39 is 0 Å². The summed E-state index contributed by atoms with van der Waals surface area (Å²) in [5, 5.41) is 7.86. The Morgan fingerprint density at radius 3 is 2.63 bits per heavy atom. The summed E-state index contributed by atoms with van der Waals surface area (Å²) >= 11 is 1.39. The van der Waals surface area contributed by atoms with Gasteiger partial charge >= 0.3 is 0 Å². The van der Waals surface area contributed by atoms with Crippen molar-refractivity contribution in [2.24, 2.45) is 5.92 Å². The molecule has 0 radical (unpaired) electrons. The number of piperidine rings is 1. The van der Waals surface area contributed by atoms with Gasteiger partial charge in [-0.2, -0.15) is 0 Å². The van der Waals surface area contributed by atoms with E-state index in [-0.39, 0.29) is 18.4 Å². The molecule has 0 unspecified atom stereocenters. The minimum absolute atomic E-state index is 0.147. The number of thiazole rings is 1. The van der Waals surface area contributed by atoms with Gasteiger partial charge in [0.1, 0.15) is 0 Å². The van der Waals surface area contributed by atoms with E-state index >= 15 is 0 Å². The first-order chi connectivity index (χ1) is 14.5. The van der Waals surface area contributed by atoms with Crippen molar-refractivity contribution in [2.75, 3.05) is 39.2 Å². The first-order valence-electron chi connectivity index (χ1n) is 9.95. The highest BCUT2D eigenvalue weighted by Gasteiger charge is 2.17. The average Bonchev–Trinajstić information content (AvgIpc) is 3.19. The van der Waals surface area contributed by atoms with E-state index in [4.69, 9.17) is 9.47 Å². The lowest BCUT2D eigenvalue weighted by Crippen LogP contribution is -2.33. The van der Waals surface area contributed by atoms with Crippen LogP contribution in [0.5, 0.6) is 11.5 Å². The smallest absolute Gasteiger partial charge is 0.251 e. The summed E-state index contributed by atoms with van der Waals surface area (Å²) in [7, 11) is 3.03. The highest BCUT2D eigenvalue weighted by Crippen LogP contribution is 2.27. The molecule has 162 valence electrons. The molecule has 2 heterocycles. The van der Waals surface area contributed by atoms with Crippen molar-refractivity contribution in [3.05, 3.63) is 34.8 Å². The molecular weight excluding hydrogens is 404 g/mol. The number of aromatic nitrogens is 1. The fraction of sp³-hybridized carbons (Fsp3) is 0.476. The van der Waals surface area contributed by atoms with Crippen molar-refractivity contribution in [1.82, 2.24) is 15.2 Å². The molecule has 9 heteroatoms. The molecule has 0 bridgehead atoms. The van der Waals surface area contributed by atoms with Gasteiger partial charge in [-0.25, -0.2) is 4.98 Å². The van der Waals surface area contributed by atoms with Crippen molar-refractivity contribution in [2.45, 2.75) is 26.3 Å². The van der Waals surface area contributed by atoms with E-state index in [0.29, 0.717) is 22.2 Å². The zero-order valence-corrected chi connectivity index (χ0v) is 18.4. The predicted molar refractivity (Wildman–Crippen MR) is 116 cm³/mol. The van der Waals surface area contributed by atoms with E-state index in [1.165, 1.54) is 38.4 Å². The van der Waals surface area contributed by atoms with E-state index in [9.17, 15) is 9.59 Å². The Labute approximate surface area is 180 Å². The standard InChI is InChI=1S/C21H28N4O4S/c1-14-6-8-25(9-7-14)12-16-13-30-21(23-16)24-19(26)11-22-20(27)15-4-5-17(28-2)18(10-15)29-3/h4-5,10,13-14H,6-9,11-12H2,1-3H3,(H,22,27)(H,23,24,26). The monoisotopic (exact) mass is 432 g/mol. The number of methoxy groups -OCH3 is 2. The number of hydrogen-bond acceptors (Lipinski definition) is 7. The number of carbonyl (C=O) groups is 2. The maximum absolute atomic E-state index is 12.3. The number of nitrogens with zero attached hydrogens (tertiary/aromatic N) is 2. The van der Waals surface area contributed by atoms with Gasteiger partial charge in [-0.1, -0.05) is 6.92 Å². The van der Waals surface area contributed by atoms with E-state index in [2.05, 4.69) is 27.4 Å². The molecule has 1 saturated heterocycles. The number of rotatable bonds is 8. The number of ether oxygens (including phenoxy) is 2. The number of benzene rings is 1. The van der Waals surface area contributed by atoms with Crippen LogP contribution >= 0.6 is 11.3 Å². The summed E-state index contributed by atoms with van der Waals surface area (Å²) in [6.45, 7) is 5.12. The van der Waals surface area contributed by atoms with Crippen LogP contribution in [0.25, 0.3) is 0 Å². The minimum Gasteiger partial charge on any atom is -0.493 e. The predicted octanol–water partition coefficient (Wildman–Crippen LogP) is 2.76. The van der Waals surface area contributed by atoms with Crippen LogP contribution in [0.3, 0.4) is 0 Å². The van der Waals surface area contributed by atoms with Crippen molar-refractivity contribution in [3.8, 4) is 11.5 Å². The first kappa shape index (κ1) is 22.0. The van der Waals surface area contributed by atoms with E-state index in [1.54, 1.807) is 18.2 Å². The Balaban J connectivity index is 1.47. The van der Waals surface area contributed by atoms with Gasteiger partial charge < -0.3 is 20.1 Å². The number of likely N-dealkylation sites (tertiary alicyclic amines) is 1. The molecule has 0 atom stereocenters. The van der Waals surface area contributed by atoms with Gasteiger partial charge in [0.2, 0.25) is 5.91 Å². The molecule has 1 fully saturated rings. The van der Waals surface area contributed by atoms with Gasteiger partial charge in [0.05, 0.1) is 26.5 Å². The third kappa shape index (κ3) is 5.93. The molecule has 0 saturated carbocycles. The molecule has 2 N–H and O–H groups in total. The van der Waals surface area contributed by atoms with Crippen LogP contribution in [-0.4, -0.2) is 55.6 Å². The van der Waals surface area contributed by atoms with E-state index in [1.807, 2.05) is 5.38 Å². The van der Waals surface area contributed by atoms with E-state index in [0.717, 1.165) is 31.2 Å². The van der Waals surface area contributed by atoms with Gasteiger partial charge in [0.25, 0.3) is 5.91 Å². The number of hydrogen-bond donors (Lipinski definition) is 2. The van der Waals surface area contributed by atoms with Gasteiger partial charge in [-0.15, -0.1) is 11.3 Å². The Kier molecular flexibility index (Phi) is 7.64. The molecule has 1 aliphatic rings. The van der Waals surface area contributed by atoms with Gasteiger partial charge in [-0.05, 0) is 50.0 Å². The second-order valence-electron chi connectivity index (χ2n) is 7.40. The van der Waals surface area contributed by atoms with Crippen LogP contribution in [0.2, 0.25) is 0 Å². The van der Waals surface area contributed by atoms with Gasteiger partial charge in [0, 0.05) is 17.5 Å². The number of anilines is 1. The average molecular weight is 433 g/mol. The fourth-order valence-corrected chi connectivity index (χ4v) is 4.01. The summed E-state index contributed by atoms with van der Waals surface area (Å²) in [6, 6.07) is 4.83. The first-order valence-corrected chi connectivity index (χ1v) is 10.8. The highest BCUT2D eigenvalue weighted by atomic mass is 32.1. The molecule has 0 aliphatic carbocycles. The van der Waals surface area contributed by atoms with Crippen LogP contribution in [-0.2, 0) is 11.3 Å². The Hall–Kier alpha value is -2.65. The summed E-state index contributed by atoms with van der Waals surface area (Å²) in [5.41, 5.74) is 1.34. The second-order valence-corrected chi connectivity index (χ2v) is 8.26. The number of carbonyl (C=O) groups excluding carboxylic acids is 2. The highest BCUT2D eigenvalue weighted by molar-refractivity contribution is 7.13. The summed E-state index contributed by atoms with van der Waals surface area (Å²) in [6.07, 6.45) is 2.43. The third-order valence-electron chi connectivity index (χ3n) is 5.12. The molecule has 2 amide bonds. The minimum atomic E-state index is -0.370. The second kappa shape index (κ2) is 10.4. The van der Waals surface area contributed by atoms with Gasteiger partial charge in [-0.3, -0.25) is 14.5 Å². The number of nitrogens with one attached hydrogen (secondary N) is 2. The molecule has 1 aliphatic heterocycles. The van der Waals surface area contributed by atoms with Crippen LogP contribution < -0.4 is 20.1 Å². The summed E-state index contributed by atoms with van der Waals surface area (Å²) < 4.78 is 10.4. The molecule has 30 heavy (non-hydrogen) atoms. The van der Waals surface area contributed by atoms with Crippen LogP contribution in [0.1, 0.15) is 35.8 Å². The molecule has 0 spiro atoms. The SMILES string of the molecule is COc1ccc(C(=O)NCC(=O)Nc2nc(CN3CCC(C)CC3)cs2)cc1OC. The molecule has 1 aromatic heterocycles. The quantitative estimate of drug-likeness (QED) is 0.666. The van der Waals surface area contributed by atoms with Crippen LogP contribution in [0.4, 0.5) is 5.13 Å². The Morgan fingerprint density at radius 2 is 1.93 bits per heavy atom. The largest absolute Gasteiger partial charge is 0.493 e. The van der Waals surface area contributed by atoms with Crippen LogP contribution in [0.15, 0.2) is 23.6 Å². The Bertz CT molecular complexity index is 878. The zero-order chi connectivity index (χ0) is 21.5. The zero-order valence-electron chi connectivity index (χ0n) is 17.6. The maximum atomic E-state index is 12.3. The molecule has 2 aromatic rings. The summed E-state index contributed by atoms with van der Waals surface area (Å²) in [5.74, 6) is 1.08. The Morgan fingerprint density at radius 1 is 1.20 bits per heavy atom.